The van der Waals surface area contributed by atoms with E-state index in [2.05, 4.69) is 40.2 Å². The van der Waals surface area contributed by atoms with Crippen LogP contribution in [0.2, 0.25) is 0 Å². The van der Waals surface area contributed by atoms with Crippen LogP contribution in [0.1, 0.15) is 31.2 Å². The van der Waals surface area contributed by atoms with E-state index in [1.807, 2.05) is 0 Å². The summed E-state index contributed by atoms with van der Waals surface area (Å²) in [6.07, 6.45) is 5.76. The first-order valence-electron chi connectivity index (χ1n) is 7.92. The molecule has 1 aromatic rings. The first-order valence-corrected chi connectivity index (χ1v) is 7.92. The van der Waals surface area contributed by atoms with Crippen molar-refractivity contribution in [3.05, 3.63) is 35.9 Å². The van der Waals surface area contributed by atoms with Crippen LogP contribution in [0.5, 0.6) is 0 Å². The maximum atomic E-state index is 6.16. The standard InChI is InChI=1S/C17H23N3/c18-17-19-10-16(15-9-13-6-7-14(15)8-13)20(17)11-12-4-2-1-3-5-12/h1-5,13-16H,6-11H2,(H2,18,19). The molecule has 1 heterocycles. The number of guanidine groups is 1. The molecule has 20 heavy (non-hydrogen) atoms. The highest BCUT2D eigenvalue weighted by molar-refractivity contribution is 5.80. The van der Waals surface area contributed by atoms with Gasteiger partial charge in [0.1, 0.15) is 0 Å². The lowest BCUT2D eigenvalue weighted by atomic mass is 9.83. The molecule has 0 amide bonds. The lowest BCUT2D eigenvalue weighted by Crippen LogP contribution is -2.45. The van der Waals surface area contributed by atoms with E-state index in [4.69, 9.17) is 5.73 Å². The topological polar surface area (TPSA) is 41.6 Å². The molecule has 0 radical (unpaired) electrons. The Morgan fingerprint density at radius 1 is 1.15 bits per heavy atom. The molecular formula is C17H23N3. The fraction of sp³-hybridized carbons (Fsp3) is 0.588. The zero-order chi connectivity index (χ0) is 13.5. The minimum Gasteiger partial charge on any atom is -0.370 e. The van der Waals surface area contributed by atoms with Crippen LogP contribution in [0.4, 0.5) is 0 Å². The molecule has 0 saturated heterocycles. The van der Waals surface area contributed by atoms with Gasteiger partial charge in [-0.2, -0.15) is 0 Å². The molecule has 1 aliphatic heterocycles. The Bertz CT molecular complexity index is 510. The van der Waals surface area contributed by atoms with Gasteiger partial charge in [-0.05, 0) is 42.6 Å². The molecule has 2 saturated carbocycles. The minimum atomic E-state index is 0.547. The van der Waals surface area contributed by atoms with Crippen molar-refractivity contribution in [3.8, 4) is 0 Å². The van der Waals surface area contributed by atoms with Crippen LogP contribution >= 0.6 is 0 Å². The number of hydrogen-bond donors (Lipinski definition) is 1. The highest BCUT2D eigenvalue weighted by Crippen LogP contribution is 2.50. The van der Waals surface area contributed by atoms with E-state index in [0.717, 1.165) is 36.8 Å². The lowest BCUT2D eigenvalue weighted by Gasteiger charge is -2.35. The van der Waals surface area contributed by atoms with Gasteiger partial charge in [0.2, 0.25) is 0 Å². The first kappa shape index (κ1) is 12.2. The summed E-state index contributed by atoms with van der Waals surface area (Å²) in [6.45, 7) is 1.82. The van der Waals surface area contributed by atoms with E-state index in [0.29, 0.717) is 6.04 Å². The zero-order valence-electron chi connectivity index (χ0n) is 11.9. The van der Waals surface area contributed by atoms with E-state index in [1.165, 1.54) is 31.2 Å². The quantitative estimate of drug-likeness (QED) is 0.916. The molecule has 4 rings (SSSR count). The van der Waals surface area contributed by atoms with Crippen LogP contribution in [0.15, 0.2) is 35.3 Å². The van der Waals surface area contributed by atoms with E-state index in [1.54, 1.807) is 0 Å². The van der Waals surface area contributed by atoms with Gasteiger partial charge < -0.3 is 10.6 Å². The van der Waals surface area contributed by atoms with Crippen LogP contribution < -0.4 is 5.73 Å². The number of aliphatic imine (C=N–C) groups is 1. The van der Waals surface area contributed by atoms with Crippen molar-refractivity contribution >= 4 is 5.96 Å². The Labute approximate surface area is 120 Å². The number of nitrogens with two attached hydrogens (primary N) is 1. The molecule has 2 bridgehead atoms. The Morgan fingerprint density at radius 2 is 2.00 bits per heavy atom. The third kappa shape index (κ3) is 2.00. The van der Waals surface area contributed by atoms with E-state index in [-0.39, 0.29) is 0 Å². The minimum absolute atomic E-state index is 0.547. The van der Waals surface area contributed by atoms with E-state index < -0.39 is 0 Å². The second-order valence-electron chi connectivity index (χ2n) is 6.72. The highest BCUT2D eigenvalue weighted by atomic mass is 15.3. The van der Waals surface area contributed by atoms with Crippen molar-refractivity contribution in [2.75, 3.05) is 6.54 Å². The van der Waals surface area contributed by atoms with Crippen molar-refractivity contribution in [2.45, 2.75) is 38.3 Å². The maximum Gasteiger partial charge on any atom is 0.191 e. The average Bonchev–Trinajstić information content (AvgIpc) is 3.17. The van der Waals surface area contributed by atoms with Crippen LogP contribution in [-0.2, 0) is 6.54 Å². The maximum absolute atomic E-state index is 6.16. The van der Waals surface area contributed by atoms with Crippen molar-refractivity contribution in [1.82, 2.24) is 4.90 Å². The second-order valence-corrected chi connectivity index (χ2v) is 6.72. The molecule has 2 aliphatic carbocycles. The van der Waals surface area contributed by atoms with Gasteiger partial charge in [-0.1, -0.05) is 36.8 Å². The number of hydrogen-bond acceptors (Lipinski definition) is 3. The molecule has 4 atom stereocenters. The number of fused-ring (bicyclic) bond motifs is 2. The fourth-order valence-corrected chi connectivity index (χ4v) is 4.66. The summed E-state index contributed by atoms with van der Waals surface area (Å²) < 4.78 is 0. The van der Waals surface area contributed by atoms with Gasteiger partial charge in [0.05, 0.1) is 12.6 Å². The Balaban J connectivity index is 1.52. The summed E-state index contributed by atoms with van der Waals surface area (Å²) in [7, 11) is 0. The third-order valence-corrected chi connectivity index (χ3v) is 5.62. The molecule has 106 valence electrons. The molecule has 3 nitrogen and oxygen atoms in total. The molecule has 0 aromatic heterocycles. The summed E-state index contributed by atoms with van der Waals surface area (Å²) in [5.41, 5.74) is 7.49. The molecule has 4 unspecified atom stereocenters. The number of benzene rings is 1. The predicted molar refractivity (Wildman–Crippen MR) is 81.2 cm³/mol. The van der Waals surface area contributed by atoms with Crippen molar-refractivity contribution in [3.63, 3.8) is 0 Å². The molecule has 2 fully saturated rings. The Morgan fingerprint density at radius 3 is 2.70 bits per heavy atom. The first-order chi connectivity index (χ1) is 9.81. The smallest absolute Gasteiger partial charge is 0.191 e. The van der Waals surface area contributed by atoms with Gasteiger partial charge in [-0.25, -0.2) is 0 Å². The monoisotopic (exact) mass is 269 g/mol. The Hall–Kier alpha value is -1.51. The summed E-state index contributed by atoms with van der Waals surface area (Å²) >= 11 is 0. The summed E-state index contributed by atoms with van der Waals surface area (Å²) in [4.78, 5) is 6.91. The van der Waals surface area contributed by atoms with Crippen molar-refractivity contribution < 1.29 is 0 Å². The molecule has 3 aliphatic rings. The van der Waals surface area contributed by atoms with Crippen LogP contribution in [0.25, 0.3) is 0 Å². The van der Waals surface area contributed by atoms with Gasteiger partial charge >= 0.3 is 0 Å². The molecule has 0 spiro atoms. The highest BCUT2D eigenvalue weighted by Gasteiger charge is 2.46. The average molecular weight is 269 g/mol. The molecule has 1 aromatic carbocycles. The summed E-state index contributed by atoms with van der Waals surface area (Å²) in [5, 5.41) is 0. The van der Waals surface area contributed by atoms with Crippen LogP contribution in [0.3, 0.4) is 0 Å². The number of nitrogens with zero attached hydrogens (tertiary/aromatic N) is 2. The lowest BCUT2D eigenvalue weighted by molar-refractivity contribution is 0.182. The van der Waals surface area contributed by atoms with Gasteiger partial charge in [0.15, 0.2) is 5.96 Å². The Kier molecular flexibility index (Phi) is 2.94. The van der Waals surface area contributed by atoms with Gasteiger partial charge in [-0.3, -0.25) is 4.99 Å². The second kappa shape index (κ2) is 4.80. The SMILES string of the molecule is NC1=NCC(C2CC3CCC2C3)N1Cc1ccccc1. The fourth-order valence-electron chi connectivity index (χ4n) is 4.66. The van der Waals surface area contributed by atoms with Crippen LogP contribution in [-0.4, -0.2) is 23.4 Å². The number of rotatable bonds is 3. The van der Waals surface area contributed by atoms with Gasteiger partial charge in [0.25, 0.3) is 0 Å². The van der Waals surface area contributed by atoms with Gasteiger partial charge in [0, 0.05) is 6.54 Å². The largest absolute Gasteiger partial charge is 0.370 e. The summed E-state index contributed by atoms with van der Waals surface area (Å²) in [5.74, 6) is 3.50. The molecule has 2 N–H and O–H groups in total. The molecular weight excluding hydrogens is 246 g/mol. The normalized spacial score (nSPS) is 35.6. The van der Waals surface area contributed by atoms with Crippen molar-refractivity contribution in [1.29, 1.82) is 0 Å². The van der Waals surface area contributed by atoms with Gasteiger partial charge in [-0.15, -0.1) is 0 Å². The van der Waals surface area contributed by atoms with E-state index >= 15 is 0 Å². The van der Waals surface area contributed by atoms with E-state index in [9.17, 15) is 0 Å². The van der Waals surface area contributed by atoms with Crippen molar-refractivity contribution in [2.24, 2.45) is 28.5 Å². The van der Waals surface area contributed by atoms with Crippen LogP contribution in [0, 0.1) is 17.8 Å². The zero-order valence-corrected chi connectivity index (χ0v) is 11.9. The predicted octanol–water partition coefficient (Wildman–Crippen LogP) is 2.62. The third-order valence-electron chi connectivity index (χ3n) is 5.62. The summed E-state index contributed by atoms with van der Waals surface area (Å²) in [6, 6.07) is 11.2. The molecule has 3 heteroatoms.